The molecule has 15 heavy (non-hydrogen) atoms. The van der Waals surface area contributed by atoms with Crippen LogP contribution in [-0.2, 0) is 10.2 Å². The Morgan fingerprint density at radius 3 is 2.53 bits per heavy atom. The Hall–Kier alpha value is -1.82. The molecule has 1 atom stereocenters. The van der Waals surface area contributed by atoms with Crippen LogP contribution < -0.4 is 0 Å². The third-order valence-corrected chi connectivity index (χ3v) is 2.48. The van der Waals surface area contributed by atoms with Gasteiger partial charge in [-0.25, -0.2) is 0 Å². The van der Waals surface area contributed by atoms with Crippen LogP contribution >= 0.6 is 0 Å². The summed E-state index contributed by atoms with van der Waals surface area (Å²) >= 11 is 0. The van der Waals surface area contributed by atoms with Crippen LogP contribution in [0.4, 0.5) is 0 Å². The van der Waals surface area contributed by atoms with E-state index in [1.54, 1.807) is 6.92 Å². The van der Waals surface area contributed by atoms with Crippen molar-refractivity contribution in [3.8, 4) is 6.07 Å². The monoisotopic (exact) mass is 203 g/mol. The van der Waals surface area contributed by atoms with Crippen molar-refractivity contribution in [1.82, 2.24) is 0 Å². The summed E-state index contributed by atoms with van der Waals surface area (Å²) in [5, 5.41) is 17.6. The molecule has 0 aliphatic heterocycles. The van der Waals surface area contributed by atoms with Gasteiger partial charge in [0.05, 0.1) is 12.5 Å². The highest BCUT2D eigenvalue weighted by atomic mass is 16.4. The zero-order valence-corrected chi connectivity index (χ0v) is 8.60. The smallest absolute Gasteiger partial charge is 0.304 e. The number of nitriles is 1. The zero-order valence-electron chi connectivity index (χ0n) is 8.60. The maximum Gasteiger partial charge on any atom is 0.304 e. The number of carbonyl (C=O) groups is 1. The van der Waals surface area contributed by atoms with Crippen LogP contribution in [0.2, 0.25) is 0 Å². The Kier molecular flexibility index (Phi) is 3.46. The molecule has 0 aliphatic carbocycles. The summed E-state index contributed by atoms with van der Waals surface area (Å²) in [5.41, 5.74) is 0.302. The summed E-state index contributed by atoms with van der Waals surface area (Å²) in [7, 11) is 0. The molecule has 0 spiro atoms. The van der Waals surface area contributed by atoms with Crippen LogP contribution in [0.25, 0.3) is 0 Å². The highest BCUT2D eigenvalue weighted by Crippen LogP contribution is 2.30. The molecule has 0 heterocycles. The summed E-state index contributed by atoms with van der Waals surface area (Å²) in [5.74, 6) is -0.878. The minimum absolute atomic E-state index is 0.0232. The van der Waals surface area contributed by atoms with Gasteiger partial charge in [0.15, 0.2) is 0 Å². The Labute approximate surface area is 89.0 Å². The van der Waals surface area contributed by atoms with Crippen molar-refractivity contribution in [3.63, 3.8) is 0 Å². The first-order chi connectivity index (χ1) is 7.08. The fraction of sp³-hybridized carbons (Fsp3) is 0.333. The first-order valence-electron chi connectivity index (χ1n) is 4.73. The molecule has 0 radical (unpaired) electrons. The van der Waals surface area contributed by atoms with Crippen molar-refractivity contribution in [1.29, 1.82) is 5.26 Å². The molecule has 0 saturated carbocycles. The van der Waals surface area contributed by atoms with Gasteiger partial charge in [0.25, 0.3) is 0 Å². The molecule has 1 aromatic rings. The summed E-state index contributed by atoms with van der Waals surface area (Å²) < 4.78 is 0. The second kappa shape index (κ2) is 4.61. The van der Waals surface area contributed by atoms with E-state index in [9.17, 15) is 4.79 Å². The number of carboxylic acid groups (broad SMARTS) is 1. The minimum Gasteiger partial charge on any atom is -0.481 e. The van der Waals surface area contributed by atoms with E-state index in [0.29, 0.717) is 0 Å². The number of carboxylic acids is 1. The van der Waals surface area contributed by atoms with Gasteiger partial charge in [-0.15, -0.1) is 0 Å². The molecule has 0 amide bonds. The quantitative estimate of drug-likeness (QED) is 0.816. The molecular weight excluding hydrogens is 190 g/mol. The molecular formula is C12H13NO2. The SMILES string of the molecule is C[C@](CC#N)(CC(=O)O)c1ccccc1. The molecule has 1 aromatic carbocycles. The van der Waals surface area contributed by atoms with E-state index in [1.165, 1.54) is 0 Å². The fourth-order valence-electron chi connectivity index (χ4n) is 1.62. The second-order valence-corrected chi connectivity index (χ2v) is 3.83. The molecule has 78 valence electrons. The van der Waals surface area contributed by atoms with Crippen LogP contribution in [0.1, 0.15) is 25.3 Å². The Balaban J connectivity index is 3.02. The Bertz CT molecular complexity index is 380. The average molecular weight is 203 g/mol. The van der Waals surface area contributed by atoms with Gasteiger partial charge in [-0.2, -0.15) is 5.26 Å². The molecule has 0 fully saturated rings. The predicted octanol–water partition coefficient (Wildman–Crippen LogP) is 2.33. The largest absolute Gasteiger partial charge is 0.481 e. The van der Waals surface area contributed by atoms with E-state index in [0.717, 1.165) is 5.56 Å². The van der Waals surface area contributed by atoms with Gasteiger partial charge >= 0.3 is 5.97 Å². The topological polar surface area (TPSA) is 61.1 Å². The summed E-state index contributed by atoms with van der Waals surface area (Å²) in [6, 6.07) is 11.4. The number of hydrogen-bond donors (Lipinski definition) is 1. The van der Waals surface area contributed by atoms with Gasteiger partial charge in [0, 0.05) is 11.8 Å². The van der Waals surface area contributed by atoms with Gasteiger partial charge in [0.2, 0.25) is 0 Å². The summed E-state index contributed by atoms with van der Waals surface area (Å²) in [4.78, 5) is 10.8. The lowest BCUT2D eigenvalue weighted by Gasteiger charge is -2.25. The van der Waals surface area contributed by atoms with Crippen LogP contribution in [0.5, 0.6) is 0 Å². The van der Waals surface area contributed by atoms with Gasteiger partial charge in [-0.1, -0.05) is 37.3 Å². The van der Waals surface area contributed by atoms with Crippen LogP contribution in [0, 0.1) is 11.3 Å². The highest BCUT2D eigenvalue weighted by molar-refractivity contribution is 5.69. The van der Waals surface area contributed by atoms with Crippen molar-refractivity contribution < 1.29 is 9.90 Å². The van der Waals surface area contributed by atoms with E-state index in [1.807, 2.05) is 36.4 Å². The lowest BCUT2D eigenvalue weighted by Crippen LogP contribution is -2.25. The van der Waals surface area contributed by atoms with E-state index in [4.69, 9.17) is 10.4 Å². The van der Waals surface area contributed by atoms with Crippen molar-refractivity contribution in [2.75, 3.05) is 0 Å². The summed E-state index contributed by atoms with van der Waals surface area (Å²) in [6.45, 7) is 1.81. The number of aliphatic carboxylic acids is 1. The van der Waals surface area contributed by atoms with Gasteiger partial charge in [-0.3, -0.25) is 4.79 Å². The first-order valence-corrected chi connectivity index (χ1v) is 4.73. The lowest BCUT2D eigenvalue weighted by atomic mass is 9.77. The van der Waals surface area contributed by atoms with Gasteiger partial charge in [0.1, 0.15) is 0 Å². The molecule has 3 nitrogen and oxygen atoms in total. The van der Waals surface area contributed by atoms with Crippen molar-refractivity contribution >= 4 is 5.97 Å². The predicted molar refractivity (Wildman–Crippen MR) is 56.3 cm³/mol. The van der Waals surface area contributed by atoms with Crippen molar-refractivity contribution in [2.45, 2.75) is 25.2 Å². The normalized spacial score (nSPS) is 13.9. The van der Waals surface area contributed by atoms with Crippen molar-refractivity contribution in [3.05, 3.63) is 35.9 Å². The zero-order chi connectivity index (χ0) is 11.3. The first kappa shape index (κ1) is 11.3. The number of rotatable bonds is 4. The number of hydrogen-bond acceptors (Lipinski definition) is 2. The maximum absolute atomic E-state index is 10.8. The highest BCUT2D eigenvalue weighted by Gasteiger charge is 2.29. The lowest BCUT2D eigenvalue weighted by molar-refractivity contribution is -0.138. The van der Waals surface area contributed by atoms with E-state index in [2.05, 4.69) is 0 Å². The van der Waals surface area contributed by atoms with Gasteiger partial charge < -0.3 is 5.11 Å². The molecule has 0 unspecified atom stereocenters. The second-order valence-electron chi connectivity index (χ2n) is 3.83. The third kappa shape index (κ3) is 2.81. The molecule has 3 heteroatoms. The third-order valence-electron chi connectivity index (χ3n) is 2.48. The summed E-state index contributed by atoms with van der Waals surface area (Å²) in [6.07, 6.45) is 0.188. The maximum atomic E-state index is 10.8. The van der Waals surface area contributed by atoms with Crippen LogP contribution in [0.3, 0.4) is 0 Å². The van der Waals surface area contributed by atoms with Gasteiger partial charge in [-0.05, 0) is 5.56 Å². The average Bonchev–Trinajstić information content (AvgIpc) is 2.18. The minimum atomic E-state index is -0.878. The van der Waals surface area contributed by atoms with Crippen LogP contribution in [-0.4, -0.2) is 11.1 Å². The van der Waals surface area contributed by atoms with Crippen molar-refractivity contribution in [2.24, 2.45) is 0 Å². The van der Waals surface area contributed by atoms with E-state index < -0.39 is 11.4 Å². The number of nitrogens with zero attached hydrogens (tertiary/aromatic N) is 1. The standard InChI is InChI=1S/C12H13NO2/c1-12(7-8-13,9-11(14)15)10-5-3-2-4-6-10/h2-6H,7,9H2,1H3,(H,14,15)/t12-/m0/s1. The molecule has 0 bridgehead atoms. The number of benzene rings is 1. The molecule has 1 rings (SSSR count). The Morgan fingerprint density at radius 2 is 2.07 bits per heavy atom. The molecule has 1 N–H and O–H groups in total. The van der Waals surface area contributed by atoms with Crippen LogP contribution in [0.15, 0.2) is 30.3 Å². The Morgan fingerprint density at radius 1 is 1.47 bits per heavy atom. The fourth-order valence-corrected chi connectivity index (χ4v) is 1.62. The van der Waals surface area contributed by atoms with E-state index >= 15 is 0 Å². The molecule has 0 aromatic heterocycles. The molecule has 0 aliphatic rings. The van der Waals surface area contributed by atoms with E-state index in [-0.39, 0.29) is 12.8 Å². The molecule has 0 saturated heterocycles.